The molecule has 0 spiro atoms. The van der Waals surface area contributed by atoms with Crippen LogP contribution < -0.4 is 5.32 Å². The number of nitrogens with zero attached hydrogens (tertiary/aromatic N) is 1. The minimum absolute atomic E-state index is 0.140. The minimum Gasteiger partial charge on any atom is -0.395 e. The molecule has 5 heteroatoms. The Morgan fingerprint density at radius 3 is 2.61 bits per heavy atom. The molecule has 2 aromatic rings. The zero-order chi connectivity index (χ0) is 16.7. The van der Waals surface area contributed by atoms with E-state index in [-0.39, 0.29) is 12.5 Å². The molecular weight excluding hydrogens is 312 g/mol. The van der Waals surface area contributed by atoms with Crippen LogP contribution in [0.1, 0.15) is 22.8 Å². The second-order valence-electron chi connectivity index (χ2n) is 5.25. The van der Waals surface area contributed by atoms with Crippen molar-refractivity contribution < 1.29 is 9.90 Å². The Bertz CT molecular complexity index is 644. The minimum atomic E-state index is -0.165. The first-order valence-electron chi connectivity index (χ1n) is 7.61. The summed E-state index contributed by atoms with van der Waals surface area (Å²) in [4.78, 5) is 14.4. The fraction of sp³-hybridized carbons (Fsp3) is 0.278. The smallest absolute Gasteiger partial charge is 0.255 e. The summed E-state index contributed by atoms with van der Waals surface area (Å²) >= 11 is 5.83. The lowest BCUT2D eigenvalue weighted by Crippen LogP contribution is -2.26. The largest absolute Gasteiger partial charge is 0.395 e. The van der Waals surface area contributed by atoms with E-state index in [1.54, 1.807) is 24.3 Å². The van der Waals surface area contributed by atoms with Gasteiger partial charge in [-0.05, 0) is 48.5 Å². The van der Waals surface area contributed by atoms with Gasteiger partial charge in [0.1, 0.15) is 0 Å². The normalized spacial score (nSPS) is 10.8. The van der Waals surface area contributed by atoms with Gasteiger partial charge in [-0.25, -0.2) is 0 Å². The molecule has 0 atom stereocenters. The number of aliphatic hydroxyl groups excluding tert-OH is 1. The van der Waals surface area contributed by atoms with Crippen LogP contribution in [-0.4, -0.2) is 35.6 Å². The summed E-state index contributed by atoms with van der Waals surface area (Å²) in [6, 6.07) is 14.5. The number of carbonyl (C=O) groups excluding carboxylic acids is 1. The number of likely N-dealkylation sites (N-methyl/N-ethyl adjacent to an activating group) is 1. The van der Waals surface area contributed by atoms with Gasteiger partial charge in [-0.1, -0.05) is 30.7 Å². The Balaban J connectivity index is 2.04. The van der Waals surface area contributed by atoms with E-state index in [1.807, 2.05) is 24.3 Å². The average Bonchev–Trinajstić information content (AvgIpc) is 2.55. The molecule has 0 bridgehead atoms. The van der Waals surface area contributed by atoms with Crippen molar-refractivity contribution in [3.63, 3.8) is 0 Å². The lowest BCUT2D eigenvalue weighted by atomic mass is 10.1. The first kappa shape index (κ1) is 17.5. The molecule has 0 heterocycles. The summed E-state index contributed by atoms with van der Waals surface area (Å²) in [5, 5.41) is 12.6. The van der Waals surface area contributed by atoms with E-state index in [4.69, 9.17) is 16.7 Å². The lowest BCUT2D eigenvalue weighted by molar-refractivity contribution is 0.102. The highest BCUT2D eigenvalue weighted by molar-refractivity contribution is 6.30. The standard InChI is InChI=1S/C18H21ClN2O2/c1-2-21(10-11-22)13-14-4-3-5-17(12-14)20-18(23)15-6-8-16(19)9-7-15/h3-9,12,22H,2,10-11,13H2,1H3,(H,20,23). The SMILES string of the molecule is CCN(CCO)Cc1cccc(NC(=O)c2ccc(Cl)cc2)c1. The van der Waals surface area contributed by atoms with Gasteiger partial charge in [0.05, 0.1) is 6.61 Å². The van der Waals surface area contributed by atoms with Gasteiger partial charge in [0.25, 0.3) is 5.91 Å². The molecule has 2 rings (SSSR count). The van der Waals surface area contributed by atoms with Crippen molar-refractivity contribution >= 4 is 23.2 Å². The Hall–Kier alpha value is -1.88. The predicted octanol–water partition coefficient (Wildman–Crippen LogP) is 3.41. The molecule has 1 amide bonds. The van der Waals surface area contributed by atoms with Crippen LogP contribution in [0.25, 0.3) is 0 Å². The zero-order valence-electron chi connectivity index (χ0n) is 13.1. The second-order valence-corrected chi connectivity index (χ2v) is 5.69. The molecule has 0 fully saturated rings. The monoisotopic (exact) mass is 332 g/mol. The Kier molecular flexibility index (Phi) is 6.59. The van der Waals surface area contributed by atoms with Crippen molar-refractivity contribution in [2.45, 2.75) is 13.5 Å². The third-order valence-electron chi connectivity index (χ3n) is 3.56. The molecule has 0 unspecified atom stereocenters. The maximum absolute atomic E-state index is 12.2. The van der Waals surface area contributed by atoms with Gasteiger partial charge < -0.3 is 10.4 Å². The third-order valence-corrected chi connectivity index (χ3v) is 3.81. The van der Waals surface area contributed by atoms with Crippen molar-refractivity contribution in [1.82, 2.24) is 4.90 Å². The van der Waals surface area contributed by atoms with Gasteiger partial charge in [0.2, 0.25) is 0 Å². The molecule has 23 heavy (non-hydrogen) atoms. The van der Waals surface area contributed by atoms with E-state index >= 15 is 0 Å². The molecule has 0 saturated heterocycles. The van der Waals surface area contributed by atoms with Gasteiger partial charge in [-0.15, -0.1) is 0 Å². The number of anilines is 1. The number of rotatable bonds is 7. The van der Waals surface area contributed by atoms with Gasteiger partial charge in [0, 0.05) is 29.4 Å². The molecular formula is C18H21ClN2O2. The average molecular weight is 333 g/mol. The Morgan fingerprint density at radius 1 is 1.22 bits per heavy atom. The van der Waals surface area contributed by atoms with Crippen molar-refractivity contribution in [3.8, 4) is 0 Å². The van der Waals surface area contributed by atoms with Crippen molar-refractivity contribution in [2.24, 2.45) is 0 Å². The fourth-order valence-electron chi connectivity index (χ4n) is 2.30. The van der Waals surface area contributed by atoms with Crippen LogP contribution in [-0.2, 0) is 6.54 Å². The van der Waals surface area contributed by atoms with E-state index in [0.717, 1.165) is 24.3 Å². The van der Waals surface area contributed by atoms with E-state index in [0.29, 0.717) is 17.1 Å². The number of amides is 1. The molecule has 0 aliphatic carbocycles. The Labute approximate surface area is 141 Å². The van der Waals surface area contributed by atoms with E-state index < -0.39 is 0 Å². The molecule has 0 aliphatic rings. The summed E-state index contributed by atoms with van der Waals surface area (Å²) in [5.41, 5.74) is 2.41. The summed E-state index contributed by atoms with van der Waals surface area (Å²) in [6.45, 7) is 4.43. The van der Waals surface area contributed by atoms with Crippen LogP contribution in [0.15, 0.2) is 48.5 Å². The molecule has 4 nitrogen and oxygen atoms in total. The van der Waals surface area contributed by atoms with Gasteiger partial charge in [0.15, 0.2) is 0 Å². The summed E-state index contributed by atoms with van der Waals surface area (Å²) in [6.07, 6.45) is 0. The quantitative estimate of drug-likeness (QED) is 0.817. The van der Waals surface area contributed by atoms with Gasteiger partial charge in [-0.2, -0.15) is 0 Å². The Morgan fingerprint density at radius 2 is 1.96 bits per heavy atom. The second kappa shape index (κ2) is 8.67. The molecule has 0 radical (unpaired) electrons. The predicted molar refractivity (Wildman–Crippen MR) is 93.9 cm³/mol. The number of halogens is 1. The number of hydrogen-bond donors (Lipinski definition) is 2. The molecule has 0 aromatic heterocycles. The van der Waals surface area contributed by atoms with Crippen LogP contribution >= 0.6 is 11.6 Å². The topological polar surface area (TPSA) is 52.6 Å². The first-order chi connectivity index (χ1) is 11.1. The number of aliphatic hydroxyl groups is 1. The molecule has 0 saturated carbocycles. The van der Waals surface area contributed by atoms with Crippen molar-refractivity contribution in [2.75, 3.05) is 25.0 Å². The maximum Gasteiger partial charge on any atom is 0.255 e. The van der Waals surface area contributed by atoms with Crippen molar-refractivity contribution in [3.05, 3.63) is 64.7 Å². The van der Waals surface area contributed by atoms with Crippen LogP contribution in [0.2, 0.25) is 5.02 Å². The summed E-state index contributed by atoms with van der Waals surface area (Å²) < 4.78 is 0. The molecule has 2 N–H and O–H groups in total. The molecule has 2 aromatic carbocycles. The number of carbonyl (C=O) groups is 1. The van der Waals surface area contributed by atoms with Crippen LogP contribution in [0.4, 0.5) is 5.69 Å². The first-order valence-corrected chi connectivity index (χ1v) is 7.99. The van der Waals surface area contributed by atoms with Crippen LogP contribution in [0.3, 0.4) is 0 Å². The van der Waals surface area contributed by atoms with Crippen LogP contribution in [0, 0.1) is 0 Å². The summed E-state index contributed by atoms with van der Waals surface area (Å²) in [5.74, 6) is -0.165. The highest BCUT2D eigenvalue weighted by atomic mass is 35.5. The number of nitrogens with one attached hydrogen (secondary N) is 1. The third kappa shape index (κ3) is 5.36. The molecule has 0 aliphatic heterocycles. The number of hydrogen-bond acceptors (Lipinski definition) is 3. The van der Waals surface area contributed by atoms with Gasteiger partial charge >= 0.3 is 0 Å². The highest BCUT2D eigenvalue weighted by Crippen LogP contribution is 2.15. The van der Waals surface area contributed by atoms with Crippen molar-refractivity contribution in [1.29, 1.82) is 0 Å². The maximum atomic E-state index is 12.2. The lowest BCUT2D eigenvalue weighted by Gasteiger charge is -2.19. The molecule has 122 valence electrons. The highest BCUT2D eigenvalue weighted by Gasteiger charge is 2.07. The van der Waals surface area contributed by atoms with Crippen LogP contribution in [0.5, 0.6) is 0 Å². The summed E-state index contributed by atoms with van der Waals surface area (Å²) in [7, 11) is 0. The van der Waals surface area contributed by atoms with E-state index in [1.165, 1.54) is 0 Å². The van der Waals surface area contributed by atoms with E-state index in [9.17, 15) is 4.79 Å². The van der Waals surface area contributed by atoms with Gasteiger partial charge in [-0.3, -0.25) is 9.69 Å². The fourth-order valence-corrected chi connectivity index (χ4v) is 2.43. The number of benzene rings is 2. The van der Waals surface area contributed by atoms with E-state index in [2.05, 4.69) is 17.1 Å². The zero-order valence-corrected chi connectivity index (χ0v) is 13.9.